The Labute approximate surface area is 110 Å². The smallest absolute Gasteiger partial charge is 0.00170 e. The fraction of sp³-hybridized carbons (Fsp3) is 0.600. The Bertz CT molecular complexity index is 274. The third-order valence-electron chi connectivity index (χ3n) is 2.96. The van der Waals surface area contributed by atoms with Gasteiger partial charge < -0.3 is 5.32 Å². The van der Waals surface area contributed by atoms with Crippen LogP contribution in [0.5, 0.6) is 0 Å². The summed E-state index contributed by atoms with van der Waals surface area (Å²) < 4.78 is 0. The van der Waals surface area contributed by atoms with E-state index in [1.807, 2.05) is 11.8 Å². The molecule has 0 aliphatic heterocycles. The third-order valence-corrected chi connectivity index (χ3v) is 3.60. The zero-order valence-electron chi connectivity index (χ0n) is 11.1. The highest BCUT2D eigenvalue weighted by atomic mass is 32.2. The lowest BCUT2D eigenvalue weighted by Crippen LogP contribution is -2.25. The molecular formula is C15H25NS. The molecule has 1 aromatic carbocycles. The highest BCUT2D eigenvalue weighted by Crippen LogP contribution is 2.14. The van der Waals surface area contributed by atoms with E-state index in [0.29, 0.717) is 0 Å². The summed E-state index contributed by atoms with van der Waals surface area (Å²) in [6.45, 7) is 4.52. The average Bonchev–Trinajstić information content (AvgIpc) is 2.37. The SMILES string of the molecule is CCCNCC(CCSC)Cc1ccccc1. The molecule has 0 amide bonds. The summed E-state index contributed by atoms with van der Waals surface area (Å²) in [7, 11) is 0. The van der Waals surface area contributed by atoms with Crippen LogP contribution in [0.4, 0.5) is 0 Å². The first-order chi connectivity index (χ1) is 8.36. The van der Waals surface area contributed by atoms with E-state index < -0.39 is 0 Å². The zero-order valence-corrected chi connectivity index (χ0v) is 11.9. The summed E-state index contributed by atoms with van der Waals surface area (Å²) in [4.78, 5) is 0. The van der Waals surface area contributed by atoms with E-state index in [9.17, 15) is 0 Å². The number of nitrogens with one attached hydrogen (secondary N) is 1. The van der Waals surface area contributed by atoms with Crippen molar-refractivity contribution in [3.8, 4) is 0 Å². The summed E-state index contributed by atoms with van der Waals surface area (Å²) >= 11 is 1.95. The molecular weight excluding hydrogens is 226 g/mol. The number of thioether (sulfide) groups is 1. The molecule has 17 heavy (non-hydrogen) atoms. The Hall–Kier alpha value is -0.470. The molecule has 0 aliphatic carbocycles. The maximum absolute atomic E-state index is 3.56. The van der Waals surface area contributed by atoms with Crippen LogP contribution >= 0.6 is 11.8 Å². The number of hydrogen-bond donors (Lipinski definition) is 1. The molecule has 1 atom stereocenters. The largest absolute Gasteiger partial charge is 0.316 e. The van der Waals surface area contributed by atoms with Gasteiger partial charge >= 0.3 is 0 Å². The predicted molar refractivity (Wildman–Crippen MR) is 79.8 cm³/mol. The molecule has 0 aliphatic rings. The van der Waals surface area contributed by atoms with Crippen LogP contribution in [0, 0.1) is 5.92 Å². The Kier molecular flexibility index (Phi) is 8.20. The van der Waals surface area contributed by atoms with Gasteiger partial charge in [0, 0.05) is 0 Å². The van der Waals surface area contributed by atoms with Crippen LogP contribution in [0.25, 0.3) is 0 Å². The molecule has 1 rings (SSSR count). The van der Waals surface area contributed by atoms with E-state index in [1.54, 1.807) is 0 Å². The predicted octanol–water partition coefficient (Wildman–Crippen LogP) is 3.60. The normalized spacial score (nSPS) is 12.6. The van der Waals surface area contributed by atoms with Crippen LogP contribution in [0.15, 0.2) is 30.3 Å². The lowest BCUT2D eigenvalue weighted by molar-refractivity contribution is 0.463. The lowest BCUT2D eigenvalue weighted by atomic mass is 9.97. The standard InChI is InChI=1S/C15H25NS/c1-3-10-16-13-15(9-11-17-2)12-14-7-5-4-6-8-14/h4-8,15-16H,3,9-13H2,1-2H3. The van der Waals surface area contributed by atoms with Crippen molar-refractivity contribution in [3.63, 3.8) is 0 Å². The molecule has 0 saturated heterocycles. The fourth-order valence-corrected chi connectivity index (χ4v) is 2.56. The fourth-order valence-electron chi connectivity index (χ4n) is 1.99. The molecule has 0 bridgehead atoms. The minimum atomic E-state index is 0.774. The van der Waals surface area contributed by atoms with Crippen molar-refractivity contribution in [2.24, 2.45) is 5.92 Å². The van der Waals surface area contributed by atoms with Gasteiger partial charge in [0.15, 0.2) is 0 Å². The van der Waals surface area contributed by atoms with Crippen molar-refractivity contribution >= 4 is 11.8 Å². The second kappa shape index (κ2) is 9.55. The van der Waals surface area contributed by atoms with E-state index in [1.165, 1.54) is 30.6 Å². The first kappa shape index (κ1) is 14.6. The number of rotatable bonds is 9. The molecule has 1 N–H and O–H groups in total. The summed E-state index contributed by atoms with van der Waals surface area (Å²) in [5, 5.41) is 3.56. The Morgan fingerprint density at radius 1 is 1.24 bits per heavy atom. The maximum Gasteiger partial charge on any atom is -0.00170 e. The molecule has 0 heterocycles. The van der Waals surface area contributed by atoms with Crippen molar-refractivity contribution in [2.45, 2.75) is 26.2 Å². The van der Waals surface area contributed by atoms with Crippen LogP contribution in [-0.2, 0) is 6.42 Å². The second-order valence-corrected chi connectivity index (χ2v) is 5.53. The van der Waals surface area contributed by atoms with Crippen LogP contribution in [-0.4, -0.2) is 25.1 Å². The van der Waals surface area contributed by atoms with Crippen molar-refractivity contribution < 1.29 is 0 Å². The van der Waals surface area contributed by atoms with Gasteiger partial charge in [-0.3, -0.25) is 0 Å². The molecule has 0 radical (unpaired) electrons. The molecule has 96 valence electrons. The van der Waals surface area contributed by atoms with Crippen LogP contribution < -0.4 is 5.32 Å². The topological polar surface area (TPSA) is 12.0 Å². The van der Waals surface area contributed by atoms with E-state index >= 15 is 0 Å². The van der Waals surface area contributed by atoms with Gasteiger partial charge in [-0.2, -0.15) is 11.8 Å². The first-order valence-electron chi connectivity index (χ1n) is 6.60. The average molecular weight is 251 g/mol. The zero-order chi connectivity index (χ0) is 12.3. The van der Waals surface area contributed by atoms with Crippen molar-refractivity contribution in [3.05, 3.63) is 35.9 Å². The molecule has 1 nitrogen and oxygen atoms in total. The maximum atomic E-state index is 3.56. The number of benzene rings is 1. The lowest BCUT2D eigenvalue weighted by Gasteiger charge is -2.17. The van der Waals surface area contributed by atoms with Crippen molar-refractivity contribution in [1.82, 2.24) is 5.32 Å². The van der Waals surface area contributed by atoms with Gasteiger partial charge in [0.05, 0.1) is 0 Å². The minimum Gasteiger partial charge on any atom is -0.316 e. The Morgan fingerprint density at radius 2 is 2.00 bits per heavy atom. The molecule has 1 aromatic rings. The van der Waals surface area contributed by atoms with Gasteiger partial charge in [0.1, 0.15) is 0 Å². The highest BCUT2D eigenvalue weighted by molar-refractivity contribution is 7.98. The molecule has 0 spiro atoms. The molecule has 0 saturated carbocycles. The van der Waals surface area contributed by atoms with E-state index in [2.05, 4.69) is 48.8 Å². The number of hydrogen-bond acceptors (Lipinski definition) is 2. The van der Waals surface area contributed by atoms with Gasteiger partial charge in [0.25, 0.3) is 0 Å². The van der Waals surface area contributed by atoms with Gasteiger partial charge in [-0.25, -0.2) is 0 Å². The first-order valence-corrected chi connectivity index (χ1v) is 7.99. The molecule has 2 heteroatoms. The van der Waals surface area contributed by atoms with E-state index in [-0.39, 0.29) is 0 Å². The van der Waals surface area contributed by atoms with E-state index in [4.69, 9.17) is 0 Å². The summed E-state index contributed by atoms with van der Waals surface area (Å²) in [5.41, 5.74) is 1.47. The van der Waals surface area contributed by atoms with Gasteiger partial charge in [-0.15, -0.1) is 0 Å². The van der Waals surface area contributed by atoms with E-state index in [0.717, 1.165) is 19.0 Å². The molecule has 0 fully saturated rings. The molecule has 1 unspecified atom stereocenters. The van der Waals surface area contributed by atoms with Gasteiger partial charge in [-0.1, -0.05) is 37.3 Å². The van der Waals surface area contributed by atoms with Crippen LogP contribution in [0.3, 0.4) is 0 Å². The van der Waals surface area contributed by atoms with Crippen molar-refractivity contribution in [2.75, 3.05) is 25.1 Å². The molecule has 0 aromatic heterocycles. The Morgan fingerprint density at radius 3 is 2.65 bits per heavy atom. The van der Waals surface area contributed by atoms with Crippen LogP contribution in [0.1, 0.15) is 25.3 Å². The third kappa shape index (κ3) is 6.75. The summed E-state index contributed by atoms with van der Waals surface area (Å²) in [5.74, 6) is 2.04. The second-order valence-electron chi connectivity index (χ2n) is 4.54. The van der Waals surface area contributed by atoms with Gasteiger partial charge in [-0.05, 0) is 55.8 Å². The van der Waals surface area contributed by atoms with Gasteiger partial charge in [0.2, 0.25) is 0 Å². The van der Waals surface area contributed by atoms with Crippen LogP contribution in [0.2, 0.25) is 0 Å². The quantitative estimate of drug-likeness (QED) is 0.673. The summed E-state index contributed by atoms with van der Waals surface area (Å²) in [6.07, 6.45) is 5.94. The Balaban J connectivity index is 2.39. The monoisotopic (exact) mass is 251 g/mol. The van der Waals surface area contributed by atoms with Crippen molar-refractivity contribution in [1.29, 1.82) is 0 Å². The highest BCUT2D eigenvalue weighted by Gasteiger charge is 2.08. The summed E-state index contributed by atoms with van der Waals surface area (Å²) in [6, 6.07) is 10.9. The minimum absolute atomic E-state index is 0.774.